The van der Waals surface area contributed by atoms with Crippen molar-refractivity contribution in [3.63, 3.8) is 0 Å². The van der Waals surface area contributed by atoms with Gasteiger partial charge in [0.25, 0.3) is 0 Å². The third-order valence-electron chi connectivity index (χ3n) is 8.20. The Morgan fingerprint density at radius 3 is 1.89 bits per heavy atom. The van der Waals surface area contributed by atoms with Crippen molar-refractivity contribution in [2.75, 3.05) is 26.4 Å². The van der Waals surface area contributed by atoms with Gasteiger partial charge >= 0.3 is 17.9 Å². The summed E-state index contributed by atoms with van der Waals surface area (Å²) in [5.74, 6) is -0.403. The van der Waals surface area contributed by atoms with Crippen molar-refractivity contribution in [3.8, 4) is 22.6 Å². The maximum atomic E-state index is 12.0. The number of carboxylic acid groups (broad SMARTS) is 1. The average molecular weight is 653 g/mol. The fourth-order valence-corrected chi connectivity index (χ4v) is 5.67. The summed E-state index contributed by atoms with van der Waals surface area (Å²) in [5.41, 5.74) is 2.91. The SMILES string of the molecule is C=C(CC(=O)O)C(=O)OCCOc1cc(OCCOC(=O)C(=C)CC(O)O)cc(-c2ccc(C3CCC(CCCCC)CC3)cc2)c1. The van der Waals surface area contributed by atoms with Gasteiger partial charge in [-0.25, -0.2) is 9.59 Å². The van der Waals surface area contributed by atoms with Gasteiger partial charge in [-0.1, -0.05) is 70.0 Å². The maximum absolute atomic E-state index is 12.0. The fraction of sp³-hybridized carbons (Fsp3) is 0.486. The van der Waals surface area contributed by atoms with Crippen LogP contribution in [0.25, 0.3) is 11.1 Å². The molecule has 0 aliphatic heterocycles. The smallest absolute Gasteiger partial charge is 0.334 e. The van der Waals surface area contributed by atoms with Crippen molar-refractivity contribution >= 4 is 17.9 Å². The van der Waals surface area contributed by atoms with E-state index >= 15 is 0 Å². The summed E-state index contributed by atoms with van der Waals surface area (Å²) < 4.78 is 21.9. The fourth-order valence-electron chi connectivity index (χ4n) is 5.67. The minimum absolute atomic E-state index is 0.00543. The Morgan fingerprint density at radius 1 is 0.787 bits per heavy atom. The number of carboxylic acids is 1. The number of ether oxygens (including phenoxy) is 4. The number of aliphatic carboxylic acids is 1. The molecule has 2 aromatic rings. The predicted octanol–water partition coefficient (Wildman–Crippen LogP) is 6.34. The molecule has 0 aromatic heterocycles. The first-order valence-corrected chi connectivity index (χ1v) is 16.3. The summed E-state index contributed by atoms with van der Waals surface area (Å²) in [4.78, 5) is 34.8. The van der Waals surface area contributed by atoms with Crippen molar-refractivity contribution < 1.29 is 48.7 Å². The lowest BCUT2D eigenvalue weighted by molar-refractivity contribution is -0.143. The number of carbonyl (C=O) groups is 3. The van der Waals surface area contributed by atoms with Crippen LogP contribution in [-0.2, 0) is 23.9 Å². The molecule has 0 unspecified atom stereocenters. The van der Waals surface area contributed by atoms with E-state index < -0.39 is 30.6 Å². The van der Waals surface area contributed by atoms with Gasteiger partial charge in [0.05, 0.1) is 6.42 Å². The highest BCUT2D eigenvalue weighted by Crippen LogP contribution is 2.39. The van der Waals surface area contributed by atoms with Crippen LogP contribution in [0.4, 0.5) is 0 Å². The van der Waals surface area contributed by atoms with E-state index in [1.54, 1.807) is 6.07 Å². The number of esters is 2. The lowest BCUT2D eigenvalue weighted by atomic mass is 9.77. The Bertz CT molecular complexity index is 1340. The lowest BCUT2D eigenvalue weighted by Crippen LogP contribution is -2.17. The van der Waals surface area contributed by atoms with Gasteiger partial charge in [0.15, 0.2) is 6.29 Å². The van der Waals surface area contributed by atoms with Crippen molar-refractivity contribution in [2.45, 2.75) is 83.3 Å². The summed E-state index contributed by atoms with van der Waals surface area (Å²) in [5, 5.41) is 26.9. The molecular weight excluding hydrogens is 604 g/mol. The first-order chi connectivity index (χ1) is 22.5. The quantitative estimate of drug-likeness (QED) is 0.0640. The van der Waals surface area contributed by atoms with Gasteiger partial charge in [-0.2, -0.15) is 0 Å². The second-order valence-corrected chi connectivity index (χ2v) is 12.0. The molecule has 0 atom stereocenters. The van der Waals surface area contributed by atoms with Crippen LogP contribution in [0, 0.1) is 5.92 Å². The molecule has 1 aliphatic carbocycles. The summed E-state index contributed by atoms with van der Waals surface area (Å²) in [6.07, 6.45) is 7.74. The lowest BCUT2D eigenvalue weighted by Gasteiger charge is -2.29. The Hall–Kier alpha value is -4.15. The van der Waals surface area contributed by atoms with Crippen molar-refractivity contribution in [1.29, 1.82) is 0 Å². The number of rotatable bonds is 20. The summed E-state index contributed by atoms with van der Waals surface area (Å²) >= 11 is 0. The Labute approximate surface area is 277 Å². The van der Waals surface area contributed by atoms with E-state index in [-0.39, 0.29) is 44.0 Å². The molecule has 0 amide bonds. The van der Waals surface area contributed by atoms with Gasteiger partial charge in [0.2, 0.25) is 0 Å². The summed E-state index contributed by atoms with van der Waals surface area (Å²) in [7, 11) is 0. The van der Waals surface area contributed by atoms with E-state index in [9.17, 15) is 14.4 Å². The molecule has 3 rings (SSSR count). The van der Waals surface area contributed by atoms with Crippen LogP contribution in [0.1, 0.15) is 82.6 Å². The number of aliphatic hydroxyl groups is 2. The maximum Gasteiger partial charge on any atom is 0.334 e. The third-order valence-corrected chi connectivity index (χ3v) is 8.20. The Morgan fingerprint density at radius 2 is 1.36 bits per heavy atom. The number of carbonyl (C=O) groups excluding carboxylic acids is 2. The van der Waals surface area contributed by atoms with E-state index in [1.165, 1.54) is 56.9 Å². The molecule has 0 saturated heterocycles. The monoisotopic (exact) mass is 652 g/mol. The van der Waals surface area contributed by atoms with Gasteiger partial charge in [-0.15, -0.1) is 0 Å². The number of benzene rings is 2. The van der Waals surface area contributed by atoms with Gasteiger partial charge in [0.1, 0.15) is 37.9 Å². The van der Waals surface area contributed by atoms with E-state index in [0.29, 0.717) is 17.4 Å². The molecule has 0 bridgehead atoms. The molecule has 0 radical (unpaired) electrons. The Kier molecular flexibility index (Phi) is 15.5. The van der Waals surface area contributed by atoms with E-state index in [2.05, 4.69) is 44.3 Å². The minimum atomic E-state index is -1.69. The van der Waals surface area contributed by atoms with Crippen LogP contribution in [0.3, 0.4) is 0 Å². The highest BCUT2D eigenvalue weighted by molar-refractivity contribution is 5.92. The molecule has 3 N–H and O–H groups in total. The van der Waals surface area contributed by atoms with Gasteiger partial charge in [-0.3, -0.25) is 4.79 Å². The zero-order valence-corrected chi connectivity index (χ0v) is 27.3. The van der Waals surface area contributed by atoms with Gasteiger partial charge < -0.3 is 34.3 Å². The molecule has 2 aromatic carbocycles. The zero-order valence-electron chi connectivity index (χ0n) is 27.3. The first-order valence-electron chi connectivity index (χ1n) is 16.3. The molecular formula is C37H48O10. The normalized spacial score (nSPS) is 15.9. The molecule has 1 aliphatic rings. The topological polar surface area (TPSA) is 149 Å². The Balaban J connectivity index is 1.64. The predicted molar refractivity (Wildman–Crippen MR) is 177 cm³/mol. The molecule has 10 heteroatoms. The largest absolute Gasteiger partial charge is 0.490 e. The van der Waals surface area contributed by atoms with Crippen molar-refractivity contribution in [2.24, 2.45) is 5.92 Å². The average Bonchev–Trinajstić information content (AvgIpc) is 3.04. The molecule has 256 valence electrons. The van der Waals surface area contributed by atoms with Gasteiger partial charge in [0, 0.05) is 23.6 Å². The van der Waals surface area contributed by atoms with Crippen LogP contribution in [0.5, 0.6) is 11.5 Å². The highest BCUT2D eigenvalue weighted by atomic mass is 16.6. The molecule has 0 spiro atoms. The van der Waals surface area contributed by atoms with E-state index in [4.69, 9.17) is 34.3 Å². The van der Waals surface area contributed by atoms with Crippen LogP contribution in [0.15, 0.2) is 66.8 Å². The van der Waals surface area contributed by atoms with E-state index in [0.717, 1.165) is 17.0 Å². The van der Waals surface area contributed by atoms with Crippen LogP contribution in [-0.4, -0.2) is 65.9 Å². The molecule has 47 heavy (non-hydrogen) atoms. The first kappa shape index (κ1) is 37.3. The van der Waals surface area contributed by atoms with Crippen LogP contribution in [0.2, 0.25) is 0 Å². The van der Waals surface area contributed by atoms with Crippen LogP contribution >= 0.6 is 0 Å². The molecule has 0 heterocycles. The standard InChI is InChI=1S/C37H48O10/c1-4-5-6-7-27-8-10-28(11-9-27)29-12-14-30(15-13-29)31-22-32(44-16-18-46-36(42)25(2)20-34(38)39)24-33(23-31)45-17-19-47-37(43)26(3)21-35(40)41/h12-15,22-24,27-28,34,38-39H,2-11,16-21H2,1H3,(H,40,41). The van der Waals surface area contributed by atoms with Crippen LogP contribution < -0.4 is 9.47 Å². The number of aliphatic hydroxyl groups excluding tert-OH is 1. The van der Waals surface area contributed by atoms with Gasteiger partial charge in [-0.05, 0) is 66.3 Å². The molecule has 10 nitrogen and oxygen atoms in total. The number of unbranched alkanes of at least 4 members (excludes halogenated alkanes) is 2. The van der Waals surface area contributed by atoms with Crippen molar-refractivity contribution in [1.82, 2.24) is 0 Å². The minimum Gasteiger partial charge on any atom is -0.490 e. The van der Waals surface area contributed by atoms with Crippen molar-refractivity contribution in [3.05, 3.63) is 72.3 Å². The summed E-state index contributed by atoms with van der Waals surface area (Å²) in [6.45, 7) is 9.00. The molecule has 1 fully saturated rings. The second-order valence-electron chi connectivity index (χ2n) is 12.0. The third kappa shape index (κ3) is 13.2. The van der Waals surface area contributed by atoms with E-state index in [1.807, 2.05) is 12.1 Å². The summed E-state index contributed by atoms with van der Waals surface area (Å²) in [6, 6.07) is 13.9. The highest BCUT2D eigenvalue weighted by Gasteiger charge is 2.22. The number of hydrogen-bond acceptors (Lipinski definition) is 9. The second kappa shape index (κ2) is 19.5. The zero-order chi connectivity index (χ0) is 34.2. The molecule has 1 saturated carbocycles. The number of hydrogen-bond donors (Lipinski definition) is 3.